The van der Waals surface area contributed by atoms with Crippen LogP contribution in [0.5, 0.6) is 11.5 Å². The van der Waals surface area contributed by atoms with Crippen LogP contribution >= 0.6 is 0 Å². The molecule has 1 aromatic carbocycles. The number of ether oxygens (including phenoxy) is 3. The zero-order valence-electron chi connectivity index (χ0n) is 14.3. The van der Waals surface area contributed by atoms with Gasteiger partial charge in [0, 0.05) is 24.9 Å². The van der Waals surface area contributed by atoms with Crippen LogP contribution in [0.1, 0.15) is 38.2 Å². The maximum absolute atomic E-state index is 11.9. The highest BCUT2D eigenvalue weighted by Gasteiger charge is 2.55. The van der Waals surface area contributed by atoms with Crippen LogP contribution in [-0.4, -0.2) is 44.2 Å². The van der Waals surface area contributed by atoms with Crippen molar-refractivity contribution >= 4 is 5.97 Å². The van der Waals surface area contributed by atoms with Gasteiger partial charge in [-0.3, -0.25) is 9.69 Å². The quantitative estimate of drug-likeness (QED) is 0.799. The molecule has 0 aromatic heterocycles. The molecule has 5 heteroatoms. The molecular weight excluding hydrogens is 294 g/mol. The standard InChI is InChI=1S/C18H25NO4/c1-12(20)23-18(11-14-6-5-7-17(18)19(14)2)13-8-9-15(21-3)16(10-13)22-4/h8-10,14,17H,5-7,11H2,1-4H3. The third-order valence-corrected chi connectivity index (χ3v) is 5.36. The van der Waals surface area contributed by atoms with Gasteiger partial charge in [0.15, 0.2) is 17.1 Å². The van der Waals surface area contributed by atoms with Crippen LogP contribution in [0.15, 0.2) is 18.2 Å². The number of benzene rings is 1. The fourth-order valence-corrected chi connectivity index (χ4v) is 4.34. The Hall–Kier alpha value is -1.75. The molecule has 2 saturated heterocycles. The van der Waals surface area contributed by atoms with Crippen molar-refractivity contribution in [1.29, 1.82) is 0 Å². The van der Waals surface area contributed by atoms with E-state index in [0.29, 0.717) is 17.5 Å². The number of carbonyl (C=O) groups excluding carboxylic acids is 1. The number of esters is 1. The van der Waals surface area contributed by atoms with Gasteiger partial charge in [-0.1, -0.05) is 12.5 Å². The van der Waals surface area contributed by atoms with E-state index in [1.807, 2.05) is 18.2 Å². The van der Waals surface area contributed by atoms with E-state index in [4.69, 9.17) is 14.2 Å². The maximum Gasteiger partial charge on any atom is 0.303 e. The molecule has 0 N–H and O–H groups in total. The van der Waals surface area contributed by atoms with Gasteiger partial charge >= 0.3 is 5.97 Å². The van der Waals surface area contributed by atoms with E-state index in [9.17, 15) is 4.79 Å². The van der Waals surface area contributed by atoms with Gasteiger partial charge in [0.2, 0.25) is 0 Å². The molecule has 0 aliphatic carbocycles. The number of carbonyl (C=O) groups is 1. The highest BCUT2D eigenvalue weighted by Crippen LogP contribution is 2.50. The Morgan fingerprint density at radius 2 is 1.96 bits per heavy atom. The maximum atomic E-state index is 11.9. The lowest BCUT2D eigenvalue weighted by Crippen LogP contribution is -2.46. The minimum Gasteiger partial charge on any atom is -0.493 e. The highest BCUT2D eigenvalue weighted by atomic mass is 16.6. The average molecular weight is 319 g/mol. The van der Waals surface area contributed by atoms with Gasteiger partial charge < -0.3 is 14.2 Å². The van der Waals surface area contributed by atoms with Crippen LogP contribution < -0.4 is 9.47 Å². The van der Waals surface area contributed by atoms with E-state index in [1.165, 1.54) is 13.3 Å². The number of piperidine rings is 1. The van der Waals surface area contributed by atoms with E-state index in [0.717, 1.165) is 24.8 Å². The Kier molecular flexibility index (Phi) is 4.23. The van der Waals surface area contributed by atoms with Crippen LogP contribution in [0.2, 0.25) is 0 Å². The Morgan fingerprint density at radius 3 is 2.57 bits per heavy atom. The number of rotatable bonds is 4. The Bertz CT molecular complexity index is 603. The monoisotopic (exact) mass is 319 g/mol. The first kappa shape index (κ1) is 16.1. The van der Waals surface area contributed by atoms with Crippen LogP contribution in [0.4, 0.5) is 0 Å². The van der Waals surface area contributed by atoms with Gasteiger partial charge in [-0.25, -0.2) is 0 Å². The van der Waals surface area contributed by atoms with Crippen LogP contribution in [-0.2, 0) is 15.1 Å². The number of methoxy groups -OCH3 is 2. The van der Waals surface area contributed by atoms with E-state index in [1.54, 1.807) is 14.2 Å². The number of hydrogen-bond acceptors (Lipinski definition) is 5. The first-order valence-electron chi connectivity index (χ1n) is 8.16. The summed E-state index contributed by atoms with van der Waals surface area (Å²) in [6, 6.07) is 6.51. The summed E-state index contributed by atoms with van der Waals surface area (Å²) >= 11 is 0. The Balaban J connectivity index is 2.08. The summed E-state index contributed by atoms with van der Waals surface area (Å²) < 4.78 is 16.7. The van der Waals surface area contributed by atoms with Crippen molar-refractivity contribution in [3.05, 3.63) is 23.8 Å². The van der Waals surface area contributed by atoms with Gasteiger partial charge in [-0.05, 0) is 32.0 Å². The smallest absolute Gasteiger partial charge is 0.303 e. The fraction of sp³-hybridized carbons (Fsp3) is 0.611. The number of hydrogen-bond donors (Lipinski definition) is 0. The molecule has 2 aliphatic heterocycles. The molecule has 2 heterocycles. The molecule has 2 bridgehead atoms. The summed E-state index contributed by atoms with van der Waals surface area (Å²) in [5.41, 5.74) is 0.396. The normalized spacial score (nSPS) is 30.1. The largest absolute Gasteiger partial charge is 0.493 e. The van der Waals surface area contributed by atoms with E-state index < -0.39 is 5.60 Å². The van der Waals surface area contributed by atoms with Crippen molar-refractivity contribution in [3.63, 3.8) is 0 Å². The first-order valence-corrected chi connectivity index (χ1v) is 8.16. The third-order valence-electron chi connectivity index (χ3n) is 5.36. The summed E-state index contributed by atoms with van der Waals surface area (Å²) in [6.07, 6.45) is 4.21. The molecular formula is C18H25NO4. The van der Waals surface area contributed by atoms with Crippen molar-refractivity contribution in [2.45, 2.75) is 50.3 Å². The zero-order valence-corrected chi connectivity index (χ0v) is 14.3. The summed E-state index contributed by atoms with van der Waals surface area (Å²) in [4.78, 5) is 14.2. The molecule has 1 aromatic rings. The summed E-state index contributed by atoms with van der Waals surface area (Å²) in [5, 5.41) is 0. The Morgan fingerprint density at radius 1 is 1.22 bits per heavy atom. The zero-order chi connectivity index (χ0) is 16.6. The van der Waals surface area contributed by atoms with Gasteiger partial charge in [-0.2, -0.15) is 0 Å². The van der Waals surface area contributed by atoms with Crippen molar-refractivity contribution < 1.29 is 19.0 Å². The molecule has 5 nitrogen and oxygen atoms in total. The van der Waals surface area contributed by atoms with Crippen molar-refractivity contribution in [3.8, 4) is 11.5 Å². The van der Waals surface area contributed by atoms with E-state index >= 15 is 0 Å². The molecule has 126 valence electrons. The summed E-state index contributed by atoms with van der Waals surface area (Å²) in [6.45, 7) is 1.49. The molecule has 0 saturated carbocycles. The second-order valence-electron chi connectivity index (χ2n) is 6.52. The van der Waals surface area contributed by atoms with Crippen LogP contribution in [0.3, 0.4) is 0 Å². The predicted octanol–water partition coefficient (Wildman–Crippen LogP) is 2.72. The average Bonchev–Trinajstić information content (AvgIpc) is 2.70. The molecule has 3 unspecified atom stereocenters. The van der Waals surface area contributed by atoms with Gasteiger partial charge in [0.1, 0.15) is 0 Å². The minimum atomic E-state index is -0.596. The summed E-state index contributed by atoms with van der Waals surface area (Å²) in [7, 11) is 5.38. The molecule has 23 heavy (non-hydrogen) atoms. The Labute approximate surface area is 137 Å². The van der Waals surface area contributed by atoms with Crippen molar-refractivity contribution in [2.24, 2.45) is 0 Å². The van der Waals surface area contributed by atoms with Gasteiger partial charge in [0.05, 0.1) is 20.3 Å². The van der Waals surface area contributed by atoms with Gasteiger partial charge in [0.25, 0.3) is 0 Å². The first-order chi connectivity index (χ1) is 11.0. The molecule has 0 spiro atoms. The molecule has 2 aliphatic rings. The van der Waals surface area contributed by atoms with Crippen molar-refractivity contribution in [2.75, 3.05) is 21.3 Å². The second-order valence-corrected chi connectivity index (χ2v) is 6.52. The second kappa shape index (κ2) is 6.04. The lowest BCUT2D eigenvalue weighted by molar-refractivity contribution is -0.161. The molecule has 3 atom stereocenters. The molecule has 2 fully saturated rings. The predicted molar refractivity (Wildman–Crippen MR) is 86.8 cm³/mol. The SMILES string of the molecule is COc1ccc(C2(OC(C)=O)CC3CCCC2N3C)cc1OC. The van der Waals surface area contributed by atoms with Gasteiger partial charge in [-0.15, -0.1) is 0 Å². The molecule has 3 rings (SSSR count). The lowest BCUT2D eigenvalue weighted by atomic mass is 9.84. The van der Waals surface area contributed by atoms with E-state index in [-0.39, 0.29) is 12.0 Å². The fourth-order valence-electron chi connectivity index (χ4n) is 4.34. The number of nitrogens with zero attached hydrogens (tertiary/aromatic N) is 1. The highest BCUT2D eigenvalue weighted by molar-refractivity contribution is 5.67. The van der Waals surface area contributed by atoms with E-state index in [2.05, 4.69) is 11.9 Å². The van der Waals surface area contributed by atoms with Crippen LogP contribution in [0.25, 0.3) is 0 Å². The third kappa shape index (κ3) is 2.57. The van der Waals surface area contributed by atoms with Crippen molar-refractivity contribution in [1.82, 2.24) is 4.90 Å². The minimum absolute atomic E-state index is 0.211. The number of fused-ring (bicyclic) bond motifs is 2. The number of likely N-dealkylation sites (N-methyl/N-ethyl adjacent to an activating group) is 1. The van der Waals surface area contributed by atoms with Crippen LogP contribution in [0, 0.1) is 0 Å². The lowest BCUT2D eigenvalue weighted by Gasteiger charge is -2.38. The molecule has 0 amide bonds. The summed E-state index contributed by atoms with van der Waals surface area (Å²) in [5.74, 6) is 1.12. The molecule has 0 radical (unpaired) electrons. The topological polar surface area (TPSA) is 48.0 Å².